The Morgan fingerprint density at radius 1 is 1.53 bits per heavy atom. The van der Waals surface area contributed by atoms with Crippen molar-refractivity contribution < 1.29 is 8.42 Å². The lowest BCUT2D eigenvalue weighted by Gasteiger charge is -2.41. The summed E-state index contributed by atoms with van der Waals surface area (Å²) in [6.45, 7) is 2.59. The van der Waals surface area contributed by atoms with E-state index in [1.165, 1.54) is 0 Å². The largest absolute Gasteiger partial charge is 0.329 e. The fourth-order valence-electron chi connectivity index (χ4n) is 3.13. The van der Waals surface area contributed by atoms with Gasteiger partial charge in [-0.1, -0.05) is 0 Å². The molecule has 2 heterocycles. The summed E-state index contributed by atoms with van der Waals surface area (Å²) >= 11 is 0. The summed E-state index contributed by atoms with van der Waals surface area (Å²) in [6, 6.07) is 0.148. The maximum atomic E-state index is 11.5. The molecule has 0 aromatic carbocycles. The third kappa shape index (κ3) is 2.50. The lowest BCUT2D eigenvalue weighted by atomic mass is 9.94. The molecule has 0 aliphatic carbocycles. The minimum atomic E-state index is -2.81. The predicted octanol–water partition coefficient (Wildman–Crippen LogP) is -0.862. The Bertz CT molecular complexity index is 384. The Morgan fingerprint density at radius 2 is 2.24 bits per heavy atom. The van der Waals surface area contributed by atoms with Crippen LogP contribution in [0.25, 0.3) is 0 Å². The Morgan fingerprint density at radius 3 is 2.65 bits per heavy atom. The molecule has 0 amide bonds. The Hall–Kier alpha value is -0.170. The summed E-state index contributed by atoms with van der Waals surface area (Å²) in [5.41, 5.74) is 5.92. The van der Waals surface area contributed by atoms with Gasteiger partial charge in [0.1, 0.15) is 0 Å². The second-order valence-corrected chi connectivity index (χ2v) is 7.81. The van der Waals surface area contributed by atoms with Crippen molar-refractivity contribution >= 4 is 9.84 Å². The molecule has 0 aromatic heterocycles. The van der Waals surface area contributed by atoms with Crippen LogP contribution < -0.4 is 5.73 Å². The van der Waals surface area contributed by atoms with Gasteiger partial charge < -0.3 is 10.6 Å². The Kier molecular flexibility index (Phi) is 3.51. The topological polar surface area (TPSA) is 66.6 Å². The number of likely N-dealkylation sites (tertiary alicyclic amines) is 1. The first-order valence-corrected chi connectivity index (χ1v) is 8.03. The SMILES string of the molecule is CN1CCC(CN)(N(C)C2CCS(=O)(=O)C2)C1. The summed E-state index contributed by atoms with van der Waals surface area (Å²) < 4.78 is 23.1. The van der Waals surface area contributed by atoms with E-state index in [1.807, 2.05) is 7.05 Å². The van der Waals surface area contributed by atoms with Crippen LogP contribution in [0.1, 0.15) is 12.8 Å². The van der Waals surface area contributed by atoms with E-state index in [4.69, 9.17) is 5.73 Å². The van der Waals surface area contributed by atoms with E-state index in [-0.39, 0.29) is 11.6 Å². The average molecular weight is 261 g/mol. The zero-order chi connectivity index (χ0) is 12.7. The van der Waals surface area contributed by atoms with Gasteiger partial charge in [0.05, 0.1) is 11.5 Å². The normalized spacial score (nSPS) is 38.0. The number of likely N-dealkylation sites (N-methyl/N-ethyl adjacent to an activating group) is 2. The molecular formula is C11H23N3O2S. The molecule has 17 heavy (non-hydrogen) atoms. The summed E-state index contributed by atoms with van der Waals surface area (Å²) in [5.74, 6) is 0.632. The summed E-state index contributed by atoms with van der Waals surface area (Å²) in [7, 11) is 1.32. The number of hydrogen-bond acceptors (Lipinski definition) is 5. The molecule has 2 saturated heterocycles. The number of nitrogens with two attached hydrogens (primary N) is 1. The highest BCUT2D eigenvalue weighted by Crippen LogP contribution is 2.30. The van der Waals surface area contributed by atoms with E-state index < -0.39 is 9.84 Å². The van der Waals surface area contributed by atoms with Crippen LogP contribution in [0.15, 0.2) is 0 Å². The van der Waals surface area contributed by atoms with Crippen LogP contribution in [0.2, 0.25) is 0 Å². The molecule has 2 rings (SSSR count). The molecule has 2 N–H and O–H groups in total. The van der Waals surface area contributed by atoms with Crippen LogP contribution in [0.4, 0.5) is 0 Å². The van der Waals surface area contributed by atoms with Gasteiger partial charge in [-0.2, -0.15) is 0 Å². The summed E-state index contributed by atoms with van der Waals surface area (Å²) in [4.78, 5) is 4.51. The first kappa shape index (κ1) is 13.3. The highest BCUT2D eigenvalue weighted by Gasteiger charge is 2.44. The fourth-order valence-corrected chi connectivity index (χ4v) is 4.90. The van der Waals surface area contributed by atoms with Crippen LogP contribution in [-0.4, -0.2) is 75.0 Å². The van der Waals surface area contributed by atoms with E-state index in [1.54, 1.807) is 0 Å². The zero-order valence-electron chi connectivity index (χ0n) is 10.7. The minimum absolute atomic E-state index is 0.0285. The van der Waals surface area contributed by atoms with E-state index in [2.05, 4.69) is 16.8 Å². The molecule has 6 heteroatoms. The van der Waals surface area contributed by atoms with Crippen LogP contribution in [0, 0.1) is 0 Å². The lowest BCUT2D eigenvalue weighted by molar-refractivity contribution is 0.0952. The van der Waals surface area contributed by atoms with Crippen molar-refractivity contribution in [2.45, 2.75) is 24.4 Å². The highest BCUT2D eigenvalue weighted by atomic mass is 32.2. The molecule has 0 bridgehead atoms. The molecule has 2 atom stereocenters. The summed E-state index contributed by atoms with van der Waals surface area (Å²) in [5, 5.41) is 0. The molecule has 0 saturated carbocycles. The van der Waals surface area contributed by atoms with Crippen molar-refractivity contribution in [2.24, 2.45) is 5.73 Å². The number of nitrogens with zero attached hydrogens (tertiary/aromatic N) is 2. The monoisotopic (exact) mass is 261 g/mol. The molecule has 2 unspecified atom stereocenters. The van der Waals surface area contributed by atoms with Crippen molar-refractivity contribution in [3.63, 3.8) is 0 Å². The van der Waals surface area contributed by atoms with Gasteiger partial charge in [-0.3, -0.25) is 4.90 Å². The van der Waals surface area contributed by atoms with Crippen molar-refractivity contribution in [2.75, 3.05) is 45.2 Å². The van der Waals surface area contributed by atoms with Crippen LogP contribution >= 0.6 is 0 Å². The maximum Gasteiger partial charge on any atom is 0.151 e. The van der Waals surface area contributed by atoms with Crippen molar-refractivity contribution in [1.82, 2.24) is 9.80 Å². The standard InChI is InChI=1S/C11H23N3O2S/c1-13-5-4-11(8-12,9-13)14(2)10-3-6-17(15,16)7-10/h10H,3-9,12H2,1-2H3. The van der Waals surface area contributed by atoms with Gasteiger partial charge in [-0.15, -0.1) is 0 Å². The second-order valence-electron chi connectivity index (χ2n) is 5.58. The van der Waals surface area contributed by atoms with Gasteiger partial charge in [0, 0.05) is 24.7 Å². The first-order chi connectivity index (χ1) is 7.88. The van der Waals surface area contributed by atoms with Crippen molar-refractivity contribution in [3.05, 3.63) is 0 Å². The zero-order valence-corrected chi connectivity index (χ0v) is 11.5. The van der Waals surface area contributed by atoms with E-state index in [9.17, 15) is 8.42 Å². The third-order valence-electron chi connectivity index (χ3n) is 4.41. The van der Waals surface area contributed by atoms with Gasteiger partial charge in [0.2, 0.25) is 0 Å². The molecule has 0 spiro atoms. The van der Waals surface area contributed by atoms with Gasteiger partial charge >= 0.3 is 0 Å². The maximum absolute atomic E-state index is 11.5. The number of sulfone groups is 1. The van der Waals surface area contributed by atoms with Gasteiger partial charge in [0.15, 0.2) is 9.84 Å². The highest BCUT2D eigenvalue weighted by molar-refractivity contribution is 7.91. The van der Waals surface area contributed by atoms with E-state index in [0.717, 1.165) is 25.9 Å². The van der Waals surface area contributed by atoms with Gasteiger partial charge in [-0.05, 0) is 33.5 Å². The van der Waals surface area contributed by atoms with E-state index in [0.29, 0.717) is 18.1 Å². The molecule has 5 nitrogen and oxygen atoms in total. The van der Waals surface area contributed by atoms with Gasteiger partial charge in [-0.25, -0.2) is 8.42 Å². The fraction of sp³-hybridized carbons (Fsp3) is 1.00. The third-order valence-corrected chi connectivity index (χ3v) is 6.16. The lowest BCUT2D eigenvalue weighted by Crippen LogP contribution is -2.57. The number of rotatable bonds is 3. The Labute approximate surface area is 104 Å². The second kappa shape index (κ2) is 4.50. The molecule has 2 aliphatic heterocycles. The van der Waals surface area contributed by atoms with Gasteiger partial charge in [0.25, 0.3) is 0 Å². The average Bonchev–Trinajstić information content (AvgIpc) is 2.82. The molecule has 2 aliphatic rings. The van der Waals surface area contributed by atoms with E-state index >= 15 is 0 Å². The van der Waals surface area contributed by atoms with Crippen molar-refractivity contribution in [3.8, 4) is 0 Å². The first-order valence-electron chi connectivity index (χ1n) is 6.20. The quantitative estimate of drug-likeness (QED) is 0.716. The van der Waals surface area contributed by atoms with Crippen LogP contribution in [0.3, 0.4) is 0 Å². The minimum Gasteiger partial charge on any atom is -0.329 e. The van der Waals surface area contributed by atoms with Crippen molar-refractivity contribution in [1.29, 1.82) is 0 Å². The predicted molar refractivity (Wildman–Crippen MR) is 68.7 cm³/mol. The smallest absolute Gasteiger partial charge is 0.151 e. The molecule has 2 fully saturated rings. The molecule has 0 aromatic rings. The van der Waals surface area contributed by atoms with Crippen LogP contribution in [0.5, 0.6) is 0 Å². The van der Waals surface area contributed by atoms with Crippen LogP contribution in [-0.2, 0) is 9.84 Å². The summed E-state index contributed by atoms with van der Waals surface area (Å²) in [6.07, 6.45) is 1.79. The molecule has 100 valence electrons. The number of hydrogen-bond donors (Lipinski definition) is 1. The Balaban J connectivity index is 2.11. The molecular weight excluding hydrogens is 238 g/mol. The molecule has 0 radical (unpaired) electrons.